The first-order valence-electron chi connectivity index (χ1n) is 8.60. The first kappa shape index (κ1) is 17.4. The number of rotatable bonds is 4. The van der Waals surface area contributed by atoms with Crippen molar-refractivity contribution in [3.05, 3.63) is 77.1 Å². The molecule has 3 nitrogen and oxygen atoms in total. The number of carbonyl (C=O) groups excluding carboxylic acids is 1. The van der Waals surface area contributed by atoms with Gasteiger partial charge in [-0.15, -0.1) is 0 Å². The highest BCUT2D eigenvalue weighted by atomic mass is 19.1. The van der Waals surface area contributed by atoms with E-state index in [1.165, 1.54) is 23.3 Å². The molecule has 1 fully saturated rings. The molecule has 0 spiro atoms. The number of aryl methyl sites for hydroxylation is 1. The first-order chi connectivity index (χ1) is 12.1. The molecule has 1 amide bonds. The number of hydrogen-bond donors (Lipinski definition) is 0. The summed E-state index contributed by atoms with van der Waals surface area (Å²) in [4.78, 5) is 16.5. The Morgan fingerprint density at radius 2 is 1.64 bits per heavy atom. The fourth-order valence-electron chi connectivity index (χ4n) is 2.92. The molecule has 25 heavy (non-hydrogen) atoms. The molecule has 0 unspecified atom stereocenters. The largest absolute Gasteiger partial charge is 0.337 e. The lowest BCUT2D eigenvalue weighted by Crippen LogP contribution is -2.47. The van der Waals surface area contributed by atoms with Gasteiger partial charge in [-0.25, -0.2) is 4.39 Å². The zero-order valence-electron chi connectivity index (χ0n) is 14.5. The minimum atomic E-state index is -0.270. The average Bonchev–Trinajstić information content (AvgIpc) is 2.63. The van der Waals surface area contributed by atoms with Gasteiger partial charge in [0.15, 0.2) is 0 Å². The van der Waals surface area contributed by atoms with E-state index >= 15 is 0 Å². The highest BCUT2D eigenvalue weighted by Crippen LogP contribution is 2.11. The molecule has 4 heteroatoms. The van der Waals surface area contributed by atoms with Crippen LogP contribution >= 0.6 is 0 Å². The molecule has 1 aliphatic rings. The van der Waals surface area contributed by atoms with Crippen LogP contribution in [0.2, 0.25) is 0 Å². The number of piperazine rings is 1. The second-order valence-electron chi connectivity index (χ2n) is 6.47. The van der Waals surface area contributed by atoms with Gasteiger partial charge in [0.2, 0.25) is 5.91 Å². The van der Waals surface area contributed by atoms with Crippen LogP contribution in [-0.2, 0) is 11.3 Å². The molecule has 0 aromatic heterocycles. The smallest absolute Gasteiger partial charge is 0.246 e. The van der Waals surface area contributed by atoms with Crippen molar-refractivity contribution in [3.63, 3.8) is 0 Å². The van der Waals surface area contributed by atoms with Crippen LogP contribution < -0.4 is 0 Å². The third kappa shape index (κ3) is 5.00. The number of hydrogen-bond acceptors (Lipinski definition) is 2. The third-order valence-electron chi connectivity index (χ3n) is 4.50. The molecule has 1 saturated heterocycles. The van der Waals surface area contributed by atoms with E-state index in [1.54, 1.807) is 24.3 Å². The molecule has 0 radical (unpaired) electrons. The molecule has 0 saturated carbocycles. The van der Waals surface area contributed by atoms with Gasteiger partial charge in [0.25, 0.3) is 0 Å². The fraction of sp³-hybridized carbons (Fsp3) is 0.286. The second-order valence-corrected chi connectivity index (χ2v) is 6.47. The number of benzene rings is 2. The number of amides is 1. The summed E-state index contributed by atoms with van der Waals surface area (Å²) in [6.07, 6.45) is 3.31. The Morgan fingerprint density at radius 1 is 1.00 bits per heavy atom. The van der Waals surface area contributed by atoms with Crippen molar-refractivity contribution in [1.29, 1.82) is 0 Å². The summed E-state index contributed by atoms with van der Waals surface area (Å²) in [5.41, 5.74) is 3.40. The lowest BCUT2D eigenvalue weighted by molar-refractivity contribution is -0.127. The topological polar surface area (TPSA) is 23.6 Å². The van der Waals surface area contributed by atoms with Crippen molar-refractivity contribution >= 4 is 12.0 Å². The van der Waals surface area contributed by atoms with E-state index in [4.69, 9.17) is 0 Å². The summed E-state index contributed by atoms with van der Waals surface area (Å²) in [6, 6.07) is 14.7. The predicted molar refractivity (Wildman–Crippen MR) is 98.5 cm³/mol. The van der Waals surface area contributed by atoms with Crippen molar-refractivity contribution in [3.8, 4) is 0 Å². The first-order valence-corrected chi connectivity index (χ1v) is 8.60. The van der Waals surface area contributed by atoms with Crippen LogP contribution in [-0.4, -0.2) is 41.9 Å². The van der Waals surface area contributed by atoms with E-state index in [1.807, 2.05) is 4.90 Å². The van der Waals surface area contributed by atoms with Gasteiger partial charge in [0.1, 0.15) is 5.82 Å². The van der Waals surface area contributed by atoms with Crippen molar-refractivity contribution in [1.82, 2.24) is 9.80 Å². The van der Waals surface area contributed by atoms with Crippen LogP contribution in [0.1, 0.15) is 16.7 Å². The number of halogens is 1. The summed E-state index contributed by atoms with van der Waals surface area (Å²) >= 11 is 0. The van der Waals surface area contributed by atoms with Gasteiger partial charge in [-0.05, 0) is 36.3 Å². The maximum absolute atomic E-state index is 12.9. The maximum Gasteiger partial charge on any atom is 0.246 e. The Hall–Kier alpha value is -2.46. The minimum Gasteiger partial charge on any atom is -0.337 e. The zero-order valence-corrected chi connectivity index (χ0v) is 14.5. The molecular formula is C21H23FN2O. The second kappa shape index (κ2) is 8.08. The van der Waals surface area contributed by atoms with E-state index in [0.717, 1.165) is 38.3 Å². The van der Waals surface area contributed by atoms with Gasteiger partial charge in [0, 0.05) is 38.8 Å². The van der Waals surface area contributed by atoms with Crippen LogP contribution in [0, 0.1) is 12.7 Å². The Morgan fingerprint density at radius 3 is 2.28 bits per heavy atom. The van der Waals surface area contributed by atoms with Crippen LogP contribution in [0.5, 0.6) is 0 Å². The van der Waals surface area contributed by atoms with Gasteiger partial charge >= 0.3 is 0 Å². The number of carbonyl (C=O) groups is 1. The zero-order chi connectivity index (χ0) is 17.6. The Balaban J connectivity index is 1.48. The Kier molecular flexibility index (Phi) is 5.61. The van der Waals surface area contributed by atoms with Gasteiger partial charge in [-0.2, -0.15) is 0 Å². The van der Waals surface area contributed by atoms with Gasteiger partial charge in [0.05, 0.1) is 0 Å². The van der Waals surface area contributed by atoms with E-state index in [2.05, 4.69) is 36.1 Å². The van der Waals surface area contributed by atoms with Crippen molar-refractivity contribution < 1.29 is 9.18 Å². The molecule has 0 N–H and O–H groups in total. The predicted octanol–water partition coefficient (Wildman–Crippen LogP) is 3.49. The highest BCUT2D eigenvalue weighted by molar-refractivity contribution is 5.91. The molecule has 3 rings (SSSR count). The van der Waals surface area contributed by atoms with Crippen molar-refractivity contribution in [2.24, 2.45) is 0 Å². The molecular weight excluding hydrogens is 315 g/mol. The van der Waals surface area contributed by atoms with E-state index < -0.39 is 0 Å². The summed E-state index contributed by atoms with van der Waals surface area (Å²) < 4.78 is 12.9. The molecule has 1 aliphatic heterocycles. The molecule has 2 aromatic rings. The average molecular weight is 338 g/mol. The number of nitrogens with zero attached hydrogens (tertiary/aromatic N) is 2. The van der Waals surface area contributed by atoms with Gasteiger partial charge in [-0.1, -0.05) is 42.0 Å². The minimum absolute atomic E-state index is 0.0133. The maximum atomic E-state index is 12.9. The summed E-state index contributed by atoms with van der Waals surface area (Å²) in [7, 11) is 0. The van der Waals surface area contributed by atoms with Crippen molar-refractivity contribution in [2.75, 3.05) is 26.2 Å². The van der Waals surface area contributed by atoms with Crippen LogP contribution in [0.3, 0.4) is 0 Å². The fourth-order valence-corrected chi connectivity index (χ4v) is 2.92. The molecule has 2 aromatic carbocycles. The van der Waals surface area contributed by atoms with Crippen LogP contribution in [0.15, 0.2) is 54.6 Å². The summed E-state index contributed by atoms with van der Waals surface area (Å²) in [5.74, 6) is -0.257. The normalized spacial score (nSPS) is 15.7. The van der Waals surface area contributed by atoms with Gasteiger partial charge in [-0.3, -0.25) is 9.69 Å². The van der Waals surface area contributed by atoms with Gasteiger partial charge < -0.3 is 4.90 Å². The monoisotopic (exact) mass is 338 g/mol. The Labute approximate surface area is 148 Å². The lowest BCUT2D eigenvalue weighted by atomic mass is 10.1. The Bertz CT molecular complexity index is 729. The lowest BCUT2D eigenvalue weighted by Gasteiger charge is -2.34. The standard InChI is InChI=1S/C21H23FN2O/c1-17-2-4-19(5-3-17)16-23-12-14-24(15-13-23)21(25)11-8-18-6-9-20(22)10-7-18/h2-11H,12-16H2,1H3/b11-8+. The van der Waals surface area contributed by atoms with Crippen molar-refractivity contribution in [2.45, 2.75) is 13.5 Å². The van der Waals surface area contributed by atoms with Crippen LogP contribution in [0.25, 0.3) is 6.08 Å². The van der Waals surface area contributed by atoms with E-state index in [-0.39, 0.29) is 11.7 Å². The molecule has 130 valence electrons. The summed E-state index contributed by atoms with van der Waals surface area (Å²) in [5, 5.41) is 0. The third-order valence-corrected chi connectivity index (χ3v) is 4.50. The summed E-state index contributed by atoms with van der Waals surface area (Å²) in [6.45, 7) is 6.24. The van der Waals surface area contributed by atoms with E-state index in [9.17, 15) is 9.18 Å². The van der Waals surface area contributed by atoms with E-state index in [0.29, 0.717) is 0 Å². The highest BCUT2D eigenvalue weighted by Gasteiger charge is 2.19. The molecule has 0 atom stereocenters. The quantitative estimate of drug-likeness (QED) is 0.797. The SMILES string of the molecule is Cc1ccc(CN2CCN(C(=O)/C=C/c3ccc(F)cc3)CC2)cc1. The molecule has 0 aliphatic carbocycles. The van der Waals surface area contributed by atoms with Crippen LogP contribution in [0.4, 0.5) is 4.39 Å². The molecule has 1 heterocycles. The molecule has 0 bridgehead atoms.